The van der Waals surface area contributed by atoms with Crippen molar-refractivity contribution in [1.82, 2.24) is 5.48 Å². The summed E-state index contributed by atoms with van der Waals surface area (Å²) < 4.78 is 38.4. The van der Waals surface area contributed by atoms with Crippen LogP contribution in [0.1, 0.15) is 29.2 Å². The van der Waals surface area contributed by atoms with Gasteiger partial charge in [0.25, 0.3) is 0 Å². The fourth-order valence-electron chi connectivity index (χ4n) is 2.19. The third-order valence-electron chi connectivity index (χ3n) is 3.49. The monoisotopic (exact) mass is 382 g/mol. The summed E-state index contributed by atoms with van der Waals surface area (Å²) >= 11 is 5.20. The lowest BCUT2D eigenvalue weighted by molar-refractivity contribution is -0.137. The third-order valence-corrected chi connectivity index (χ3v) is 3.79. The Morgan fingerprint density at radius 2 is 1.88 bits per heavy atom. The zero-order valence-electron chi connectivity index (χ0n) is 14.1. The number of oxime groups is 1. The summed E-state index contributed by atoms with van der Waals surface area (Å²) in [5.41, 5.74) is 4.01. The van der Waals surface area contributed by atoms with Crippen molar-refractivity contribution in [1.29, 1.82) is 0 Å². The van der Waals surface area contributed by atoms with Crippen molar-refractivity contribution in [2.75, 3.05) is 7.11 Å². The van der Waals surface area contributed by atoms with Crippen LogP contribution >= 0.6 is 12.2 Å². The van der Waals surface area contributed by atoms with Gasteiger partial charge in [-0.3, -0.25) is 10.3 Å². The molecule has 26 heavy (non-hydrogen) atoms. The van der Waals surface area contributed by atoms with Crippen LogP contribution < -0.4 is 5.48 Å². The first-order valence-corrected chi connectivity index (χ1v) is 7.99. The number of thiocarbonyl (C=S) groups is 1. The molecule has 2 aromatic carbocycles. The fraction of sp³-hybridized carbons (Fsp3) is 0.222. The summed E-state index contributed by atoms with van der Waals surface area (Å²) in [7, 11) is 1.45. The molecule has 0 bridgehead atoms. The Morgan fingerprint density at radius 1 is 1.15 bits per heavy atom. The minimum atomic E-state index is -4.40. The van der Waals surface area contributed by atoms with Crippen LogP contribution in [-0.4, -0.2) is 17.8 Å². The Hall–Kier alpha value is -2.45. The van der Waals surface area contributed by atoms with Gasteiger partial charge >= 0.3 is 6.18 Å². The number of rotatable bonds is 6. The molecule has 0 saturated heterocycles. The normalized spacial score (nSPS) is 12.0. The molecule has 0 aliphatic carbocycles. The maximum absolute atomic E-state index is 12.8. The highest BCUT2D eigenvalue weighted by atomic mass is 32.1. The average Bonchev–Trinajstić information content (AvgIpc) is 2.61. The predicted octanol–water partition coefficient (Wildman–Crippen LogP) is 4.47. The van der Waals surface area contributed by atoms with E-state index in [1.807, 2.05) is 18.2 Å². The van der Waals surface area contributed by atoms with Crippen molar-refractivity contribution in [3.8, 4) is 0 Å². The molecule has 2 aromatic rings. The van der Waals surface area contributed by atoms with E-state index in [-0.39, 0.29) is 6.61 Å². The summed E-state index contributed by atoms with van der Waals surface area (Å²) in [6.45, 7) is 1.69. The van der Waals surface area contributed by atoms with Crippen LogP contribution in [-0.2, 0) is 22.5 Å². The molecule has 4 nitrogen and oxygen atoms in total. The quantitative estimate of drug-likeness (QED) is 0.455. The molecule has 0 unspecified atom stereocenters. The Morgan fingerprint density at radius 3 is 2.58 bits per heavy atom. The second kappa shape index (κ2) is 8.77. The molecule has 0 aromatic heterocycles. The summed E-state index contributed by atoms with van der Waals surface area (Å²) in [6.07, 6.45) is -4.40. The fourth-order valence-corrected chi connectivity index (χ4v) is 2.47. The zero-order valence-corrected chi connectivity index (χ0v) is 14.9. The molecule has 0 radical (unpaired) electrons. The minimum absolute atomic E-state index is 0.109. The van der Waals surface area contributed by atoms with E-state index in [1.54, 1.807) is 19.1 Å². The Balaban J connectivity index is 2.11. The molecule has 0 aliphatic rings. The lowest BCUT2D eigenvalue weighted by atomic mass is 10.1. The SMILES string of the molecule is CONC(=S)c1ccccc1CON=C(C)c1cccc(C(F)(F)F)c1. The minimum Gasteiger partial charge on any atom is -0.391 e. The van der Waals surface area contributed by atoms with Crippen molar-refractivity contribution >= 4 is 22.9 Å². The summed E-state index contributed by atoms with van der Waals surface area (Å²) in [6, 6.07) is 12.2. The van der Waals surface area contributed by atoms with Crippen molar-refractivity contribution in [2.45, 2.75) is 19.7 Å². The summed E-state index contributed by atoms with van der Waals surface area (Å²) in [4.78, 5) is 10.5. The Kier molecular flexibility index (Phi) is 6.70. The van der Waals surface area contributed by atoms with Crippen molar-refractivity contribution in [2.24, 2.45) is 5.16 Å². The zero-order chi connectivity index (χ0) is 19.2. The molecule has 0 fully saturated rings. The highest BCUT2D eigenvalue weighted by Crippen LogP contribution is 2.29. The van der Waals surface area contributed by atoms with Gasteiger partial charge in [-0.1, -0.05) is 53.8 Å². The second-order valence-electron chi connectivity index (χ2n) is 5.32. The van der Waals surface area contributed by atoms with Gasteiger partial charge in [0.2, 0.25) is 0 Å². The Labute approximate surface area is 154 Å². The Bertz CT molecular complexity index is 807. The van der Waals surface area contributed by atoms with Crippen molar-refractivity contribution < 1.29 is 22.8 Å². The maximum Gasteiger partial charge on any atom is 0.416 e. The first-order chi connectivity index (χ1) is 12.3. The van der Waals surface area contributed by atoms with Gasteiger partial charge < -0.3 is 4.84 Å². The topological polar surface area (TPSA) is 42.8 Å². The molecular formula is C18H17F3N2O2S. The molecule has 0 saturated carbocycles. The number of benzene rings is 2. The molecule has 1 N–H and O–H groups in total. The van der Waals surface area contributed by atoms with Gasteiger partial charge in [-0.2, -0.15) is 13.2 Å². The van der Waals surface area contributed by atoms with E-state index in [0.717, 1.165) is 23.3 Å². The van der Waals surface area contributed by atoms with E-state index < -0.39 is 11.7 Å². The standard InChI is InChI=1S/C18H17F3N2O2S/c1-12(13-7-5-8-15(10-13)18(19,20)21)22-25-11-14-6-3-4-9-16(14)17(26)23-24-2/h3-10H,11H2,1-2H3,(H,23,26). The molecule has 0 amide bonds. The number of nitrogens with zero attached hydrogens (tertiary/aromatic N) is 1. The van der Waals surface area contributed by atoms with Crippen LogP contribution in [0.25, 0.3) is 0 Å². The number of hydrogen-bond donors (Lipinski definition) is 1. The third kappa shape index (κ3) is 5.27. The smallest absolute Gasteiger partial charge is 0.391 e. The molecular weight excluding hydrogens is 365 g/mol. The average molecular weight is 382 g/mol. The van der Waals surface area contributed by atoms with Crippen molar-refractivity contribution in [3.63, 3.8) is 0 Å². The van der Waals surface area contributed by atoms with E-state index in [1.165, 1.54) is 13.2 Å². The molecule has 0 atom stereocenters. The summed E-state index contributed by atoms with van der Waals surface area (Å²) in [5, 5.41) is 3.91. The van der Waals surface area contributed by atoms with Crippen LogP contribution in [0.5, 0.6) is 0 Å². The highest BCUT2D eigenvalue weighted by Gasteiger charge is 2.30. The first kappa shape index (κ1) is 19.9. The number of hydroxylamine groups is 1. The van der Waals surface area contributed by atoms with E-state index in [0.29, 0.717) is 16.3 Å². The van der Waals surface area contributed by atoms with Gasteiger partial charge in [0.15, 0.2) is 0 Å². The van der Waals surface area contributed by atoms with Crippen LogP contribution in [0.3, 0.4) is 0 Å². The molecule has 8 heteroatoms. The number of alkyl halides is 3. The van der Waals surface area contributed by atoms with Crippen LogP contribution in [0.2, 0.25) is 0 Å². The van der Waals surface area contributed by atoms with Gasteiger partial charge in [0.05, 0.1) is 18.4 Å². The van der Waals surface area contributed by atoms with E-state index in [4.69, 9.17) is 21.9 Å². The predicted molar refractivity (Wildman–Crippen MR) is 96.7 cm³/mol. The maximum atomic E-state index is 12.8. The number of halogens is 3. The number of hydrogen-bond acceptors (Lipinski definition) is 4. The van der Waals surface area contributed by atoms with Crippen molar-refractivity contribution in [3.05, 3.63) is 70.8 Å². The second-order valence-corrected chi connectivity index (χ2v) is 5.73. The van der Waals surface area contributed by atoms with E-state index >= 15 is 0 Å². The molecule has 0 heterocycles. The summed E-state index contributed by atoms with van der Waals surface area (Å²) in [5.74, 6) is 0. The van der Waals surface area contributed by atoms with Gasteiger partial charge in [-0.25, -0.2) is 0 Å². The first-order valence-electron chi connectivity index (χ1n) is 7.58. The van der Waals surface area contributed by atoms with E-state index in [2.05, 4.69) is 10.6 Å². The largest absolute Gasteiger partial charge is 0.416 e. The molecule has 0 aliphatic heterocycles. The van der Waals surface area contributed by atoms with Crippen LogP contribution in [0.4, 0.5) is 13.2 Å². The van der Waals surface area contributed by atoms with Gasteiger partial charge in [0, 0.05) is 11.1 Å². The lowest BCUT2D eigenvalue weighted by Crippen LogP contribution is -2.22. The van der Waals surface area contributed by atoms with Crippen LogP contribution in [0, 0.1) is 0 Å². The highest BCUT2D eigenvalue weighted by molar-refractivity contribution is 7.80. The number of nitrogens with one attached hydrogen (secondary N) is 1. The van der Waals surface area contributed by atoms with E-state index in [9.17, 15) is 13.2 Å². The molecule has 138 valence electrons. The van der Waals surface area contributed by atoms with Crippen LogP contribution in [0.15, 0.2) is 53.7 Å². The molecule has 2 rings (SSSR count). The lowest BCUT2D eigenvalue weighted by Gasteiger charge is -2.11. The molecule has 0 spiro atoms. The van der Waals surface area contributed by atoms with Gasteiger partial charge in [0.1, 0.15) is 11.6 Å². The van der Waals surface area contributed by atoms with Gasteiger partial charge in [-0.15, -0.1) is 0 Å². The van der Waals surface area contributed by atoms with Gasteiger partial charge in [-0.05, 0) is 24.6 Å².